The number of hydrogen-bond acceptors (Lipinski definition) is 7. The average Bonchev–Trinajstić information content (AvgIpc) is 3.47. The van der Waals surface area contributed by atoms with Crippen LogP contribution < -0.4 is 10.9 Å². The number of aromatic nitrogens is 2. The molecule has 10 heteroatoms. The first-order valence-electron chi connectivity index (χ1n) is 12.3. The molecule has 1 amide bonds. The largest absolute Gasteiger partial charge is 0.376 e. The molecule has 1 saturated heterocycles. The van der Waals surface area contributed by atoms with Crippen molar-refractivity contribution in [3.05, 3.63) is 110 Å². The van der Waals surface area contributed by atoms with Gasteiger partial charge in [0, 0.05) is 36.6 Å². The SMILES string of the molecule is O=C(NCC1CCCO1)c1ccc(Cn2c(SCc3cccc([N+](=O)[O-])c3)nc3ccccc3c2=O)cc1. The van der Waals surface area contributed by atoms with Gasteiger partial charge in [-0.15, -0.1) is 0 Å². The predicted octanol–water partition coefficient (Wildman–Crippen LogP) is 4.55. The van der Waals surface area contributed by atoms with Crippen molar-refractivity contribution in [2.24, 2.45) is 0 Å². The van der Waals surface area contributed by atoms with Gasteiger partial charge in [0.05, 0.1) is 28.5 Å². The number of carbonyl (C=O) groups excluding carboxylic acids is 1. The minimum absolute atomic E-state index is 0.0202. The Bertz CT molecular complexity index is 1530. The van der Waals surface area contributed by atoms with E-state index >= 15 is 0 Å². The second kappa shape index (κ2) is 11.6. The van der Waals surface area contributed by atoms with Crippen LogP contribution in [0, 0.1) is 10.1 Å². The number of amides is 1. The van der Waals surface area contributed by atoms with Gasteiger partial charge in [-0.3, -0.25) is 24.3 Å². The summed E-state index contributed by atoms with van der Waals surface area (Å²) in [6.45, 7) is 1.50. The van der Waals surface area contributed by atoms with E-state index in [1.807, 2.05) is 24.3 Å². The Kier molecular flexibility index (Phi) is 7.81. The maximum atomic E-state index is 13.4. The van der Waals surface area contributed by atoms with Gasteiger partial charge in [0.1, 0.15) is 0 Å². The molecule has 1 unspecified atom stereocenters. The van der Waals surface area contributed by atoms with Gasteiger partial charge in [-0.1, -0.05) is 48.2 Å². The van der Waals surface area contributed by atoms with Crippen LogP contribution in [0.5, 0.6) is 0 Å². The van der Waals surface area contributed by atoms with Crippen LogP contribution in [0.15, 0.2) is 82.7 Å². The van der Waals surface area contributed by atoms with Gasteiger partial charge in [-0.25, -0.2) is 4.98 Å². The summed E-state index contributed by atoms with van der Waals surface area (Å²) in [4.78, 5) is 41.4. The zero-order chi connectivity index (χ0) is 26.5. The van der Waals surface area contributed by atoms with Gasteiger partial charge >= 0.3 is 0 Å². The molecule has 1 aliphatic heterocycles. The maximum absolute atomic E-state index is 13.4. The second-order valence-electron chi connectivity index (χ2n) is 9.06. The van der Waals surface area contributed by atoms with Gasteiger partial charge in [0.25, 0.3) is 17.2 Å². The number of nitro benzene ring substituents is 1. The first kappa shape index (κ1) is 25.6. The lowest BCUT2D eigenvalue weighted by molar-refractivity contribution is -0.384. The van der Waals surface area contributed by atoms with Crippen LogP contribution in [0.1, 0.15) is 34.3 Å². The van der Waals surface area contributed by atoms with Crippen LogP contribution in [0.25, 0.3) is 10.9 Å². The molecule has 0 aliphatic carbocycles. The Balaban J connectivity index is 1.36. The van der Waals surface area contributed by atoms with Crippen molar-refractivity contribution in [2.45, 2.75) is 36.4 Å². The molecule has 38 heavy (non-hydrogen) atoms. The highest BCUT2D eigenvalue weighted by Gasteiger charge is 2.17. The summed E-state index contributed by atoms with van der Waals surface area (Å²) in [5.74, 6) is 0.251. The molecule has 0 saturated carbocycles. The number of benzene rings is 3. The third kappa shape index (κ3) is 5.92. The van der Waals surface area contributed by atoms with Crippen molar-refractivity contribution in [1.82, 2.24) is 14.9 Å². The summed E-state index contributed by atoms with van der Waals surface area (Å²) < 4.78 is 7.17. The molecule has 1 aliphatic rings. The number of hydrogen-bond donors (Lipinski definition) is 1. The number of nitrogens with one attached hydrogen (secondary N) is 1. The molecule has 0 bridgehead atoms. The molecular formula is C28H26N4O5S. The van der Waals surface area contributed by atoms with Crippen molar-refractivity contribution >= 4 is 34.3 Å². The lowest BCUT2D eigenvalue weighted by Crippen LogP contribution is -2.31. The monoisotopic (exact) mass is 530 g/mol. The number of para-hydroxylation sites is 1. The Morgan fingerprint density at radius 1 is 1.11 bits per heavy atom. The standard InChI is InChI=1S/C28H26N4O5S/c33-26(29-16-23-7-4-14-37-23)21-12-10-19(11-13-21)17-31-27(34)24-8-1-2-9-25(24)30-28(31)38-18-20-5-3-6-22(15-20)32(35)36/h1-3,5-6,8-13,15,23H,4,7,14,16-18H2,(H,29,33). The Labute approximate surface area is 223 Å². The molecule has 1 atom stereocenters. The molecule has 1 N–H and O–H groups in total. The van der Waals surface area contributed by atoms with Gasteiger partial charge in [0.15, 0.2) is 5.16 Å². The summed E-state index contributed by atoms with van der Waals surface area (Å²) in [5, 5.41) is 15.1. The molecule has 1 fully saturated rings. The number of nitro groups is 1. The average molecular weight is 531 g/mol. The van der Waals surface area contributed by atoms with Crippen molar-refractivity contribution in [1.29, 1.82) is 0 Å². The number of non-ortho nitro benzene ring substituents is 1. The highest BCUT2D eigenvalue weighted by molar-refractivity contribution is 7.98. The number of rotatable bonds is 9. The van der Waals surface area contributed by atoms with Crippen molar-refractivity contribution in [3.8, 4) is 0 Å². The smallest absolute Gasteiger partial charge is 0.269 e. The Morgan fingerprint density at radius 3 is 2.68 bits per heavy atom. The van der Waals surface area contributed by atoms with Crippen molar-refractivity contribution in [2.75, 3.05) is 13.2 Å². The van der Waals surface area contributed by atoms with E-state index in [1.54, 1.807) is 41.0 Å². The Hall–Kier alpha value is -4.02. The number of nitrogens with zero attached hydrogens (tertiary/aromatic N) is 3. The molecule has 0 radical (unpaired) electrons. The molecule has 3 aromatic carbocycles. The van der Waals surface area contributed by atoms with E-state index in [2.05, 4.69) is 5.32 Å². The molecular weight excluding hydrogens is 504 g/mol. The number of thioether (sulfide) groups is 1. The van der Waals surface area contributed by atoms with Crippen LogP contribution in [0.4, 0.5) is 5.69 Å². The first-order valence-corrected chi connectivity index (χ1v) is 13.3. The van der Waals surface area contributed by atoms with E-state index < -0.39 is 4.92 Å². The second-order valence-corrected chi connectivity index (χ2v) is 10.0. The molecule has 194 valence electrons. The summed E-state index contributed by atoms with van der Waals surface area (Å²) in [6, 6.07) is 20.8. The molecule has 1 aromatic heterocycles. The molecule has 4 aromatic rings. The topological polar surface area (TPSA) is 116 Å². The first-order chi connectivity index (χ1) is 18.5. The summed E-state index contributed by atoms with van der Waals surface area (Å²) >= 11 is 1.35. The lowest BCUT2D eigenvalue weighted by atomic mass is 10.1. The third-order valence-corrected chi connectivity index (χ3v) is 7.43. The van der Waals surface area contributed by atoms with Gasteiger partial charge in [-0.05, 0) is 48.2 Å². The van der Waals surface area contributed by atoms with Crippen molar-refractivity contribution < 1.29 is 14.5 Å². The lowest BCUT2D eigenvalue weighted by Gasteiger charge is -2.14. The Morgan fingerprint density at radius 2 is 1.92 bits per heavy atom. The van der Waals surface area contributed by atoms with Gasteiger partial charge in [0.2, 0.25) is 0 Å². The van der Waals surface area contributed by atoms with Gasteiger partial charge < -0.3 is 10.1 Å². The van der Waals surface area contributed by atoms with Gasteiger partial charge in [-0.2, -0.15) is 0 Å². The fraction of sp³-hybridized carbons (Fsp3) is 0.250. The fourth-order valence-electron chi connectivity index (χ4n) is 4.36. The minimum Gasteiger partial charge on any atom is -0.376 e. The zero-order valence-electron chi connectivity index (χ0n) is 20.5. The molecule has 2 heterocycles. The van der Waals surface area contributed by atoms with E-state index in [9.17, 15) is 19.7 Å². The van der Waals surface area contributed by atoms with E-state index in [4.69, 9.17) is 9.72 Å². The summed E-state index contributed by atoms with van der Waals surface area (Å²) in [7, 11) is 0. The van der Waals surface area contributed by atoms with Crippen LogP contribution >= 0.6 is 11.8 Å². The van der Waals surface area contributed by atoms with E-state index in [-0.39, 0.29) is 29.8 Å². The van der Waals surface area contributed by atoms with Crippen molar-refractivity contribution in [3.63, 3.8) is 0 Å². The molecule has 0 spiro atoms. The van der Waals surface area contributed by atoms with Crippen LogP contribution in [-0.4, -0.2) is 39.6 Å². The summed E-state index contributed by atoms with van der Waals surface area (Å²) in [5.41, 5.74) is 2.58. The van der Waals surface area contributed by atoms with Crippen LogP contribution in [0.3, 0.4) is 0 Å². The normalized spacial score (nSPS) is 15.0. The van der Waals surface area contributed by atoms with E-state index in [1.165, 1.54) is 23.9 Å². The predicted molar refractivity (Wildman–Crippen MR) is 146 cm³/mol. The molecule has 5 rings (SSSR count). The highest BCUT2D eigenvalue weighted by Crippen LogP contribution is 2.25. The number of fused-ring (bicyclic) bond motifs is 1. The highest BCUT2D eigenvalue weighted by atomic mass is 32.2. The quantitative estimate of drug-likeness (QED) is 0.146. The molecule has 9 nitrogen and oxygen atoms in total. The number of ether oxygens (including phenoxy) is 1. The minimum atomic E-state index is -0.426. The summed E-state index contributed by atoms with van der Waals surface area (Å²) in [6.07, 6.45) is 2.04. The number of carbonyl (C=O) groups is 1. The van der Waals surface area contributed by atoms with E-state index in [0.717, 1.165) is 30.6 Å². The third-order valence-electron chi connectivity index (χ3n) is 6.39. The maximum Gasteiger partial charge on any atom is 0.269 e. The van der Waals surface area contributed by atoms with E-state index in [0.29, 0.717) is 33.9 Å². The van der Waals surface area contributed by atoms with Crippen LogP contribution in [0.2, 0.25) is 0 Å². The van der Waals surface area contributed by atoms with Crippen LogP contribution in [-0.2, 0) is 17.0 Å². The fourth-order valence-corrected chi connectivity index (χ4v) is 5.30. The zero-order valence-corrected chi connectivity index (χ0v) is 21.4.